The van der Waals surface area contributed by atoms with Crippen LogP contribution in [0.15, 0.2) is 33.5 Å². The van der Waals surface area contributed by atoms with Gasteiger partial charge >= 0.3 is 5.76 Å². The van der Waals surface area contributed by atoms with Crippen molar-refractivity contribution in [1.82, 2.24) is 9.47 Å². The fourth-order valence-electron chi connectivity index (χ4n) is 4.16. The summed E-state index contributed by atoms with van der Waals surface area (Å²) in [6.07, 6.45) is 5.77. The smallest absolute Gasteiger partial charge is 0.408 e. The molecule has 2 aliphatic rings. The second-order valence-electron chi connectivity index (χ2n) is 6.94. The second kappa shape index (κ2) is 7.04. The van der Waals surface area contributed by atoms with E-state index in [-0.39, 0.29) is 23.8 Å². The molecule has 1 aliphatic carbocycles. The molecule has 134 valence electrons. The van der Waals surface area contributed by atoms with E-state index in [0.717, 1.165) is 18.4 Å². The van der Waals surface area contributed by atoms with Crippen LogP contribution in [0.2, 0.25) is 0 Å². The van der Waals surface area contributed by atoms with E-state index in [1.807, 2.05) is 23.1 Å². The molecule has 2 heterocycles. The number of ether oxygens (including phenoxy) is 1. The Morgan fingerprint density at radius 3 is 2.96 bits per heavy atom. The zero-order chi connectivity index (χ0) is 17.2. The summed E-state index contributed by atoms with van der Waals surface area (Å²) in [7, 11) is 0. The monoisotopic (exact) mass is 344 g/mol. The summed E-state index contributed by atoms with van der Waals surface area (Å²) < 4.78 is 12.7. The third kappa shape index (κ3) is 3.23. The molecule has 0 radical (unpaired) electrons. The highest BCUT2D eigenvalue weighted by Crippen LogP contribution is 2.29. The molecule has 4 rings (SSSR count). The van der Waals surface area contributed by atoms with E-state index in [2.05, 4.69) is 0 Å². The van der Waals surface area contributed by atoms with Crippen molar-refractivity contribution in [1.29, 1.82) is 0 Å². The molecule has 1 aromatic heterocycles. The number of aromatic nitrogens is 1. The first kappa shape index (κ1) is 16.4. The number of fused-ring (bicyclic) bond motifs is 2. The molecule has 2 atom stereocenters. The number of hydrogen-bond donors (Lipinski definition) is 0. The summed E-state index contributed by atoms with van der Waals surface area (Å²) >= 11 is 0. The molecule has 2 fully saturated rings. The van der Waals surface area contributed by atoms with E-state index in [1.165, 1.54) is 12.8 Å². The Hall–Kier alpha value is -2.08. The van der Waals surface area contributed by atoms with Gasteiger partial charge in [-0.05, 0) is 31.4 Å². The molecule has 0 spiro atoms. The summed E-state index contributed by atoms with van der Waals surface area (Å²) in [4.78, 5) is 26.7. The Kier molecular flexibility index (Phi) is 4.61. The Morgan fingerprint density at radius 2 is 2.04 bits per heavy atom. The quantitative estimate of drug-likeness (QED) is 0.855. The van der Waals surface area contributed by atoms with Crippen LogP contribution in [-0.4, -0.2) is 40.7 Å². The third-order valence-electron chi connectivity index (χ3n) is 5.40. The molecule has 1 saturated heterocycles. The Bertz CT molecular complexity index is 807. The van der Waals surface area contributed by atoms with Crippen LogP contribution in [0, 0.1) is 0 Å². The highest BCUT2D eigenvalue weighted by Gasteiger charge is 2.36. The average Bonchev–Trinajstić information content (AvgIpc) is 2.96. The zero-order valence-electron chi connectivity index (χ0n) is 14.4. The lowest BCUT2D eigenvalue weighted by molar-refractivity contribution is -0.149. The van der Waals surface area contributed by atoms with Crippen molar-refractivity contribution in [3.8, 4) is 0 Å². The minimum absolute atomic E-state index is 0.182. The molecular formula is C19H24N2O4. The van der Waals surface area contributed by atoms with Gasteiger partial charge in [-0.1, -0.05) is 25.0 Å². The maximum Gasteiger partial charge on any atom is 0.419 e. The van der Waals surface area contributed by atoms with E-state index >= 15 is 0 Å². The standard InChI is InChI=1S/C19H24N2O4/c22-18(20-12-13-24-16-8-3-1-6-14(16)20)10-5-11-21-15-7-2-4-9-17(15)25-19(21)23/h2,4,7,9,14,16H,1,3,5-6,8,10-13H2/t14-,16+/m1/s1. The first-order chi connectivity index (χ1) is 12.2. The maximum atomic E-state index is 12.7. The molecule has 6 nitrogen and oxygen atoms in total. The van der Waals surface area contributed by atoms with E-state index in [4.69, 9.17) is 9.15 Å². The normalized spacial score (nSPS) is 23.6. The zero-order valence-corrected chi connectivity index (χ0v) is 14.4. The lowest BCUT2D eigenvalue weighted by Gasteiger charge is -2.43. The summed E-state index contributed by atoms with van der Waals surface area (Å²) in [5, 5.41) is 0. The van der Waals surface area contributed by atoms with Crippen molar-refractivity contribution in [2.24, 2.45) is 0 Å². The van der Waals surface area contributed by atoms with Crippen molar-refractivity contribution < 1.29 is 13.9 Å². The molecule has 0 N–H and O–H groups in total. The number of para-hydroxylation sites is 2. The van der Waals surface area contributed by atoms with Crippen LogP contribution < -0.4 is 5.76 Å². The van der Waals surface area contributed by atoms with Crippen molar-refractivity contribution in [2.75, 3.05) is 13.2 Å². The van der Waals surface area contributed by atoms with Gasteiger partial charge in [-0.15, -0.1) is 0 Å². The number of amides is 1. The molecule has 1 saturated carbocycles. The van der Waals surface area contributed by atoms with Crippen LogP contribution in [0.5, 0.6) is 0 Å². The van der Waals surface area contributed by atoms with Gasteiger partial charge in [0.15, 0.2) is 5.58 Å². The Labute approximate surface area is 146 Å². The van der Waals surface area contributed by atoms with E-state index in [0.29, 0.717) is 38.1 Å². The largest absolute Gasteiger partial charge is 0.419 e. The molecule has 25 heavy (non-hydrogen) atoms. The second-order valence-corrected chi connectivity index (χ2v) is 6.94. The van der Waals surface area contributed by atoms with Gasteiger partial charge in [0.2, 0.25) is 5.91 Å². The van der Waals surface area contributed by atoms with Crippen LogP contribution in [-0.2, 0) is 16.1 Å². The first-order valence-corrected chi connectivity index (χ1v) is 9.23. The number of hydrogen-bond acceptors (Lipinski definition) is 4. The van der Waals surface area contributed by atoms with Crippen LogP contribution >= 0.6 is 0 Å². The van der Waals surface area contributed by atoms with Gasteiger partial charge in [0.05, 0.1) is 24.3 Å². The van der Waals surface area contributed by atoms with Crippen molar-refractivity contribution in [3.05, 3.63) is 34.8 Å². The summed E-state index contributed by atoms with van der Waals surface area (Å²) in [5.74, 6) is -0.173. The molecule has 6 heteroatoms. The summed E-state index contributed by atoms with van der Waals surface area (Å²) in [6.45, 7) is 1.83. The van der Waals surface area contributed by atoms with Crippen LogP contribution in [0.25, 0.3) is 11.1 Å². The summed E-state index contributed by atoms with van der Waals surface area (Å²) in [5.41, 5.74) is 1.38. The SMILES string of the molecule is O=C(CCCn1c(=O)oc2ccccc21)N1CCO[C@H]2CCCC[C@H]21. The number of benzene rings is 1. The third-order valence-corrected chi connectivity index (χ3v) is 5.40. The molecule has 1 aliphatic heterocycles. The lowest BCUT2D eigenvalue weighted by atomic mass is 9.90. The Balaban J connectivity index is 1.38. The van der Waals surface area contributed by atoms with Crippen LogP contribution in [0.3, 0.4) is 0 Å². The van der Waals surface area contributed by atoms with Crippen LogP contribution in [0.4, 0.5) is 0 Å². The van der Waals surface area contributed by atoms with Crippen molar-refractivity contribution in [2.45, 2.75) is 57.2 Å². The lowest BCUT2D eigenvalue weighted by Crippen LogP contribution is -2.54. The molecule has 2 aromatic rings. The molecule has 1 amide bonds. The molecule has 0 unspecified atom stereocenters. The molecule has 0 bridgehead atoms. The number of nitrogens with zero attached hydrogens (tertiary/aromatic N) is 2. The summed E-state index contributed by atoms with van der Waals surface area (Å²) in [6, 6.07) is 7.63. The minimum Gasteiger partial charge on any atom is -0.408 e. The minimum atomic E-state index is -0.354. The van der Waals surface area contributed by atoms with Gasteiger partial charge in [0.25, 0.3) is 0 Å². The topological polar surface area (TPSA) is 64.7 Å². The Morgan fingerprint density at radius 1 is 1.20 bits per heavy atom. The fourth-order valence-corrected chi connectivity index (χ4v) is 4.16. The predicted octanol–water partition coefficient (Wildman–Crippen LogP) is 2.54. The number of carbonyl (C=O) groups is 1. The number of aryl methyl sites for hydroxylation is 1. The van der Waals surface area contributed by atoms with Gasteiger partial charge in [-0.3, -0.25) is 9.36 Å². The van der Waals surface area contributed by atoms with Gasteiger partial charge < -0.3 is 14.1 Å². The highest BCUT2D eigenvalue weighted by atomic mass is 16.5. The predicted molar refractivity (Wildman–Crippen MR) is 93.4 cm³/mol. The number of rotatable bonds is 4. The first-order valence-electron chi connectivity index (χ1n) is 9.23. The van der Waals surface area contributed by atoms with Gasteiger partial charge in [-0.2, -0.15) is 0 Å². The van der Waals surface area contributed by atoms with E-state index in [9.17, 15) is 9.59 Å². The fraction of sp³-hybridized carbons (Fsp3) is 0.579. The molecular weight excluding hydrogens is 320 g/mol. The average molecular weight is 344 g/mol. The highest BCUT2D eigenvalue weighted by molar-refractivity contribution is 5.77. The number of oxazole rings is 1. The number of carbonyl (C=O) groups excluding carboxylic acids is 1. The van der Waals surface area contributed by atoms with E-state index < -0.39 is 0 Å². The van der Waals surface area contributed by atoms with Gasteiger partial charge in [0, 0.05) is 19.5 Å². The van der Waals surface area contributed by atoms with Gasteiger partial charge in [-0.25, -0.2) is 4.79 Å². The molecule has 1 aromatic carbocycles. The maximum absolute atomic E-state index is 12.7. The van der Waals surface area contributed by atoms with Crippen LogP contribution in [0.1, 0.15) is 38.5 Å². The van der Waals surface area contributed by atoms with Gasteiger partial charge in [0.1, 0.15) is 0 Å². The van der Waals surface area contributed by atoms with Crippen molar-refractivity contribution in [3.63, 3.8) is 0 Å². The van der Waals surface area contributed by atoms with E-state index in [1.54, 1.807) is 10.6 Å². The number of morpholine rings is 1. The van der Waals surface area contributed by atoms with Crippen molar-refractivity contribution >= 4 is 17.0 Å².